The van der Waals surface area contributed by atoms with E-state index >= 15 is 0 Å². The van der Waals surface area contributed by atoms with Crippen molar-refractivity contribution >= 4 is 12.0 Å². The van der Waals surface area contributed by atoms with E-state index in [1.165, 1.54) is 13.2 Å². The van der Waals surface area contributed by atoms with Gasteiger partial charge in [-0.1, -0.05) is 12.1 Å². The zero-order valence-electron chi connectivity index (χ0n) is 17.7. The minimum atomic E-state index is -0.112. The first-order valence-electron chi connectivity index (χ1n) is 9.34. The summed E-state index contributed by atoms with van der Waals surface area (Å²) in [7, 11) is 6.47. The Bertz CT molecular complexity index is 934. The summed E-state index contributed by atoms with van der Waals surface area (Å²) in [5.74, 6) is 2.21. The summed E-state index contributed by atoms with van der Waals surface area (Å²) in [4.78, 5) is 14.1. The summed E-state index contributed by atoms with van der Waals surface area (Å²) in [5.41, 5.74) is 1.84. The fourth-order valence-electron chi connectivity index (χ4n) is 2.76. The molecule has 0 aromatic heterocycles. The van der Waals surface area contributed by atoms with Gasteiger partial charge in [-0.3, -0.25) is 4.79 Å². The van der Waals surface area contributed by atoms with Gasteiger partial charge in [-0.05, 0) is 47.9 Å². The van der Waals surface area contributed by atoms with Crippen molar-refractivity contribution < 1.29 is 23.7 Å². The van der Waals surface area contributed by atoms with Crippen molar-refractivity contribution in [2.75, 3.05) is 41.5 Å². The van der Waals surface area contributed by atoms with Crippen LogP contribution in [0.4, 0.5) is 0 Å². The number of nitrogens with zero attached hydrogens (tertiary/aromatic N) is 2. The molecule has 1 amide bonds. The Morgan fingerprint density at radius 1 is 1.00 bits per heavy atom. The molecular weight excluding hydrogens is 384 g/mol. The predicted octanol–water partition coefficient (Wildman–Crippen LogP) is 3.33. The highest BCUT2D eigenvalue weighted by Gasteiger charge is 2.09. The molecule has 0 fully saturated rings. The fraction of sp³-hybridized carbons (Fsp3) is 0.304. The lowest BCUT2D eigenvalue weighted by molar-refractivity contribution is -0.124. The highest BCUT2D eigenvalue weighted by molar-refractivity contribution is 5.91. The van der Waals surface area contributed by atoms with Gasteiger partial charge in [0.1, 0.15) is 6.07 Å². The van der Waals surface area contributed by atoms with E-state index < -0.39 is 0 Å². The van der Waals surface area contributed by atoms with E-state index in [4.69, 9.17) is 24.2 Å². The number of methoxy groups -OCH3 is 3. The summed E-state index contributed by atoms with van der Waals surface area (Å²) in [6.45, 7) is 0.498. The van der Waals surface area contributed by atoms with Crippen molar-refractivity contribution in [2.45, 2.75) is 6.42 Å². The zero-order valence-corrected chi connectivity index (χ0v) is 17.7. The molecule has 0 atom stereocenters. The quantitative estimate of drug-likeness (QED) is 0.559. The lowest BCUT2D eigenvalue weighted by Gasteiger charge is -2.16. The van der Waals surface area contributed by atoms with Crippen LogP contribution in [0, 0.1) is 11.3 Å². The fourth-order valence-corrected chi connectivity index (χ4v) is 2.76. The van der Waals surface area contributed by atoms with Gasteiger partial charge in [0.2, 0.25) is 5.91 Å². The van der Waals surface area contributed by atoms with Crippen LogP contribution >= 0.6 is 0 Å². The lowest BCUT2D eigenvalue weighted by Crippen LogP contribution is -2.27. The number of ether oxygens (including phenoxy) is 4. The van der Waals surface area contributed by atoms with E-state index in [0.717, 1.165) is 11.1 Å². The molecule has 2 aromatic carbocycles. The maximum Gasteiger partial charge on any atom is 0.246 e. The van der Waals surface area contributed by atoms with E-state index in [1.807, 2.05) is 24.3 Å². The van der Waals surface area contributed by atoms with Crippen LogP contribution in [-0.2, 0) is 11.2 Å². The molecule has 158 valence electrons. The molecule has 0 heterocycles. The van der Waals surface area contributed by atoms with Gasteiger partial charge >= 0.3 is 0 Å². The maximum absolute atomic E-state index is 12.4. The standard InChI is InChI=1S/C23H26N2O5/c1-25(13-11-18-5-8-19(27-2)21(16-18)28-3)23(26)10-7-17-6-9-20(30-14-12-24)22(15-17)29-4/h5-10,15-16H,11,13-14H2,1-4H3/b10-7+. The molecule has 0 saturated heterocycles. The zero-order chi connectivity index (χ0) is 21.9. The summed E-state index contributed by atoms with van der Waals surface area (Å²) in [6.07, 6.45) is 3.92. The number of nitriles is 1. The number of hydrogen-bond acceptors (Lipinski definition) is 6. The molecule has 2 aromatic rings. The first kappa shape index (κ1) is 22.6. The molecule has 0 unspecified atom stereocenters. The van der Waals surface area contributed by atoms with Crippen LogP contribution in [0.2, 0.25) is 0 Å². The van der Waals surface area contributed by atoms with Crippen LogP contribution in [0.1, 0.15) is 11.1 Å². The summed E-state index contributed by atoms with van der Waals surface area (Å²) in [6, 6.07) is 12.9. The van der Waals surface area contributed by atoms with Crippen molar-refractivity contribution in [2.24, 2.45) is 0 Å². The number of amides is 1. The average molecular weight is 410 g/mol. The third-order valence-electron chi connectivity index (χ3n) is 4.46. The van der Waals surface area contributed by atoms with Gasteiger partial charge in [0.05, 0.1) is 21.3 Å². The molecular formula is C23H26N2O5. The normalized spacial score (nSPS) is 10.4. The molecule has 7 heteroatoms. The Labute approximate surface area is 177 Å². The highest BCUT2D eigenvalue weighted by Crippen LogP contribution is 2.29. The van der Waals surface area contributed by atoms with E-state index in [0.29, 0.717) is 36.0 Å². The number of hydrogen-bond donors (Lipinski definition) is 0. The van der Waals surface area contributed by atoms with Gasteiger partial charge in [-0.2, -0.15) is 5.26 Å². The van der Waals surface area contributed by atoms with Crippen molar-refractivity contribution in [3.63, 3.8) is 0 Å². The van der Waals surface area contributed by atoms with Crippen molar-refractivity contribution in [1.82, 2.24) is 4.90 Å². The number of likely N-dealkylation sites (N-methyl/N-ethyl adjacent to an activating group) is 1. The monoisotopic (exact) mass is 410 g/mol. The topological polar surface area (TPSA) is 81.0 Å². The van der Waals surface area contributed by atoms with Gasteiger partial charge in [0, 0.05) is 19.7 Å². The molecule has 0 spiro atoms. The third-order valence-corrected chi connectivity index (χ3v) is 4.46. The Morgan fingerprint density at radius 3 is 2.33 bits per heavy atom. The second-order valence-electron chi connectivity index (χ2n) is 6.39. The minimum absolute atomic E-state index is 0.0606. The molecule has 0 radical (unpaired) electrons. The Kier molecular flexibility index (Phi) is 8.57. The largest absolute Gasteiger partial charge is 0.493 e. The molecule has 0 N–H and O–H groups in total. The van der Waals surface area contributed by atoms with Gasteiger partial charge in [-0.15, -0.1) is 0 Å². The smallest absolute Gasteiger partial charge is 0.246 e. The summed E-state index contributed by atoms with van der Waals surface area (Å²) >= 11 is 0. The van der Waals surface area contributed by atoms with E-state index in [9.17, 15) is 4.79 Å². The molecule has 0 bridgehead atoms. The first-order valence-corrected chi connectivity index (χ1v) is 9.34. The van der Waals surface area contributed by atoms with Crippen molar-refractivity contribution in [3.8, 4) is 29.1 Å². The SMILES string of the molecule is COc1ccc(CCN(C)C(=O)/C=C/c2ccc(OCC#N)c(OC)c2)cc1OC. The van der Waals surface area contributed by atoms with Gasteiger partial charge in [0.15, 0.2) is 29.6 Å². The molecule has 2 rings (SSSR count). The molecule has 0 aliphatic carbocycles. The predicted molar refractivity (Wildman–Crippen MR) is 114 cm³/mol. The van der Waals surface area contributed by atoms with E-state index in [1.54, 1.807) is 50.4 Å². The second kappa shape index (κ2) is 11.4. The van der Waals surface area contributed by atoms with Gasteiger partial charge in [0.25, 0.3) is 0 Å². The summed E-state index contributed by atoms with van der Waals surface area (Å²) in [5, 5.41) is 8.63. The Balaban J connectivity index is 1.97. The first-order chi connectivity index (χ1) is 14.5. The maximum atomic E-state index is 12.4. The van der Waals surface area contributed by atoms with Crippen LogP contribution in [-0.4, -0.2) is 52.3 Å². The molecule has 0 aliphatic heterocycles. The second-order valence-corrected chi connectivity index (χ2v) is 6.39. The van der Waals surface area contributed by atoms with Crippen LogP contribution in [0.15, 0.2) is 42.5 Å². The van der Waals surface area contributed by atoms with Crippen LogP contribution < -0.4 is 18.9 Å². The van der Waals surface area contributed by atoms with Crippen molar-refractivity contribution in [3.05, 3.63) is 53.6 Å². The van der Waals surface area contributed by atoms with Crippen molar-refractivity contribution in [1.29, 1.82) is 5.26 Å². The Morgan fingerprint density at radius 2 is 1.67 bits per heavy atom. The number of rotatable bonds is 10. The lowest BCUT2D eigenvalue weighted by atomic mass is 10.1. The minimum Gasteiger partial charge on any atom is -0.493 e. The average Bonchev–Trinajstić information content (AvgIpc) is 2.79. The number of carbonyl (C=O) groups is 1. The van der Waals surface area contributed by atoms with Crippen LogP contribution in [0.5, 0.6) is 23.0 Å². The van der Waals surface area contributed by atoms with Gasteiger partial charge in [-0.25, -0.2) is 0 Å². The number of carbonyl (C=O) groups excluding carboxylic acids is 1. The molecule has 0 saturated carbocycles. The van der Waals surface area contributed by atoms with Crippen LogP contribution in [0.25, 0.3) is 6.08 Å². The molecule has 7 nitrogen and oxygen atoms in total. The third kappa shape index (κ3) is 6.17. The van der Waals surface area contributed by atoms with E-state index in [2.05, 4.69) is 0 Å². The van der Waals surface area contributed by atoms with E-state index in [-0.39, 0.29) is 12.5 Å². The Hall–Kier alpha value is -3.66. The highest BCUT2D eigenvalue weighted by atomic mass is 16.5. The summed E-state index contributed by atoms with van der Waals surface area (Å²) < 4.78 is 21.1. The molecule has 30 heavy (non-hydrogen) atoms. The van der Waals surface area contributed by atoms with Gasteiger partial charge < -0.3 is 23.8 Å². The van der Waals surface area contributed by atoms with Crippen LogP contribution in [0.3, 0.4) is 0 Å². The number of benzene rings is 2. The molecule has 0 aliphatic rings.